The Morgan fingerprint density at radius 2 is 1.93 bits per heavy atom. The Hall–Kier alpha value is -2.18. The third kappa shape index (κ3) is 5.40. The number of hydrogen-bond donors (Lipinski definition) is 2. The highest BCUT2D eigenvalue weighted by Crippen LogP contribution is 2.32. The van der Waals surface area contributed by atoms with Gasteiger partial charge < -0.3 is 15.8 Å². The number of thioether (sulfide) groups is 1. The molecule has 2 aromatic rings. The molecule has 1 aliphatic rings. The predicted molar refractivity (Wildman–Crippen MR) is 109 cm³/mol. The third-order valence-electron chi connectivity index (χ3n) is 4.29. The standard InChI is InChI=1S/C20H21ClN2O3S/c21-16-11-13(9-10-17(16)26-14-5-1-2-6-14)23-20(25)15-7-3-4-8-18(15)27-12-19(22)24/h3-4,7-11,14H,1-2,5-6,12H2,(H2,22,24)(H,23,25). The number of benzene rings is 2. The van der Waals surface area contributed by atoms with Gasteiger partial charge in [0.25, 0.3) is 5.91 Å². The monoisotopic (exact) mass is 404 g/mol. The lowest BCUT2D eigenvalue weighted by atomic mass is 10.2. The molecule has 0 aromatic heterocycles. The van der Waals surface area contributed by atoms with E-state index in [1.165, 1.54) is 24.6 Å². The van der Waals surface area contributed by atoms with Crippen LogP contribution in [0.25, 0.3) is 0 Å². The van der Waals surface area contributed by atoms with Gasteiger partial charge in [-0.2, -0.15) is 0 Å². The van der Waals surface area contributed by atoms with Crippen molar-refractivity contribution in [3.8, 4) is 5.75 Å². The molecule has 0 radical (unpaired) electrons. The first kappa shape index (κ1) is 19.6. The molecular formula is C20H21ClN2O3S. The van der Waals surface area contributed by atoms with Crippen LogP contribution < -0.4 is 15.8 Å². The average Bonchev–Trinajstić information content (AvgIpc) is 3.15. The number of anilines is 1. The van der Waals surface area contributed by atoms with Crippen LogP contribution in [0.1, 0.15) is 36.0 Å². The van der Waals surface area contributed by atoms with Crippen molar-refractivity contribution in [2.75, 3.05) is 11.1 Å². The smallest absolute Gasteiger partial charge is 0.256 e. The normalized spacial score (nSPS) is 14.1. The van der Waals surface area contributed by atoms with Crippen molar-refractivity contribution in [2.24, 2.45) is 5.73 Å². The molecule has 7 heteroatoms. The molecular weight excluding hydrogens is 384 g/mol. The summed E-state index contributed by atoms with van der Waals surface area (Å²) in [7, 11) is 0. The largest absolute Gasteiger partial charge is 0.489 e. The van der Waals surface area contributed by atoms with Gasteiger partial charge in [-0.1, -0.05) is 23.7 Å². The summed E-state index contributed by atoms with van der Waals surface area (Å²) in [5.74, 6) is 0.0467. The number of hydrogen-bond acceptors (Lipinski definition) is 4. The van der Waals surface area contributed by atoms with Crippen molar-refractivity contribution in [3.05, 3.63) is 53.1 Å². The van der Waals surface area contributed by atoms with Crippen molar-refractivity contribution in [1.29, 1.82) is 0 Å². The van der Waals surface area contributed by atoms with E-state index in [1.807, 2.05) is 6.07 Å². The van der Waals surface area contributed by atoms with Crippen LogP contribution in [-0.4, -0.2) is 23.7 Å². The lowest BCUT2D eigenvalue weighted by Gasteiger charge is -2.15. The Morgan fingerprint density at radius 1 is 1.19 bits per heavy atom. The van der Waals surface area contributed by atoms with Gasteiger partial charge in [-0.3, -0.25) is 9.59 Å². The van der Waals surface area contributed by atoms with Crippen molar-refractivity contribution >= 4 is 40.9 Å². The van der Waals surface area contributed by atoms with Gasteiger partial charge in [0.15, 0.2) is 0 Å². The van der Waals surface area contributed by atoms with Crippen LogP contribution in [0, 0.1) is 0 Å². The molecule has 0 spiro atoms. The fourth-order valence-electron chi connectivity index (χ4n) is 2.99. The zero-order valence-corrected chi connectivity index (χ0v) is 16.3. The SMILES string of the molecule is NC(=O)CSc1ccccc1C(=O)Nc1ccc(OC2CCCC2)c(Cl)c1. The Bertz CT molecular complexity index is 838. The maximum atomic E-state index is 12.6. The molecule has 0 unspecified atom stereocenters. The van der Waals surface area contributed by atoms with Gasteiger partial charge in [0.2, 0.25) is 5.91 Å². The Labute approximate surface area is 167 Å². The minimum Gasteiger partial charge on any atom is -0.489 e. The molecule has 0 atom stereocenters. The van der Waals surface area contributed by atoms with E-state index >= 15 is 0 Å². The summed E-state index contributed by atoms with van der Waals surface area (Å²) < 4.78 is 5.93. The highest BCUT2D eigenvalue weighted by atomic mass is 35.5. The molecule has 3 N–H and O–H groups in total. The number of halogens is 1. The summed E-state index contributed by atoms with van der Waals surface area (Å²) in [6.45, 7) is 0. The maximum absolute atomic E-state index is 12.6. The second kappa shape index (κ2) is 9.15. The Balaban J connectivity index is 1.69. The summed E-state index contributed by atoms with van der Waals surface area (Å²) in [5.41, 5.74) is 6.25. The third-order valence-corrected chi connectivity index (χ3v) is 5.68. The average molecular weight is 405 g/mol. The molecule has 142 valence electrons. The van der Waals surface area contributed by atoms with Crippen LogP contribution in [0.2, 0.25) is 5.02 Å². The number of carbonyl (C=O) groups excluding carboxylic acids is 2. The van der Waals surface area contributed by atoms with E-state index in [4.69, 9.17) is 22.1 Å². The quantitative estimate of drug-likeness (QED) is 0.666. The van der Waals surface area contributed by atoms with E-state index in [0.717, 1.165) is 12.8 Å². The topological polar surface area (TPSA) is 81.4 Å². The van der Waals surface area contributed by atoms with Crippen LogP contribution in [0.15, 0.2) is 47.4 Å². The van der Waals surface area contributed by atoms with Crippen molar-refractivity contribution < 1.29 is 14.3 Å². The number of nitrogens with one attached hydrogen (secondary N) is 1. The van der Waals surface area contributed by atoms with Crippen LogP contribution >= 0.6 is 23.4 Å². The molecule has 27 heavy (non-hydrogen) atoms. The van der Waals surface area contributed by atoms with E-state index in [9.17, 15) is 9.59 Å². The minimum atomic E-state index is -0.431. The van der Waals surface area contributed by atoms with Crippen LogP contribution in [0.4, 0.5) is 5.69 Å². The number of primary amides is 1. The second-order valence-electron chi connectivity index (χ2n) is 6.37. The van der Waals surface area contributed by atoms with Crippen molar-refractivity contribution in [3.63, 3.8) is 0 Å². The summed E-state index contributed by atoms with van der Waals surface area (Å²) >= 11 is 7.56. The minimum absolute atomic E-state index is 0.114. The van der Waals surface area contributed by atoms with Gasteiger partial charge in [-0.25, -0.2) is 0 Å². The lowest BCUT2D eigenvalue weighted by molar-refractivity contribution is -0.115. The Morgan fingerprint density at radius 3 is 2.63 bits per heavy atom. The van der Waals surface area contributed by atoms with Crippen molar-refractivity contribution in [2.45, 2.75) is 36.7 Å². The van der Waals surface area contributed by atoms with E-state index in [-0.39, 0.29) is 17.8 Å². The van der Waals surface area contributed by atoms with Gasteiger partial charge in [0.05, 0.1) is 22.4 Å². The number of carbonyl (C=O) groups is 2. The van der Waals surface area contributed by atoms with Crippen molar-refractivity contribution in [1.82, 2.24) is 0 Å². The molecule has 1 aliphatic carbocycles. The molecule has 0 bridgehead atoms. The number of nitrogens with two attached hydrogens (primary N) is 1. The predicted octanol–water partition coefficient (Wildman–Crippen LogP) is 4.49. The molecule has 3 rings (SSSR count). The highest BCUT2D eigenvalue weighted by Gasteiger charge is 2.18. The lowest BCUT2D eigenvalue weighted by Crippen LogP contribution is -2.15. The first-order valence-electron chi connectivity index (χ1n) is 8.80. The first-order chi connectivity index (χ1) is 13.0. The van der Waals surface area contributed by atoms with E-state index in [0.29, 0.717) is 26.9 Å². The molecule has 5 nitrogen and oxygen atoms in total. The van der Waals surface area contributed by atoms with Crippen LogP contribution in [0.5, 0.6) is 5.75 Å². The second-order valence-corrected chi connectivity index (χ2v) is 7.80. The number of rotatable bonds is 7. The fourth-order valence-corrected chi connectivity index (χ4v) is 4.00. The summed E-state index contributed by atoms with van der Waals surface area (Å²) in [5, 5.41) is 3.31. The molecule has 1 saturated carbocycles. The zero-order chi connectivity index (χ0) is 19.2. The van der Waals surface area contributed by atoms with Gasteiger partial charge in [-0.15, -0.1) is 11.8 Å². The first-order valence-corrected chi connectivity index (χ1v) is 10.2. The van der Waals surface area contributed by atoms with E-state index < -0.39 is 5.91 Å². The molecule has 1 fully saturated rings. The maximum Gasteiger partial charge on any atom is 0.256 e. The molecule has 2 aromatic carbocycles. The zero-order valence-electron chi connectivity index (χ0n) is 14.7. The van der Waals surface area contributed by atoms with Gasteiger partial charge in [-0.05, 0) is 56.0 Å². The fraction of sp³-hybridized carbons (Fsp3) is 0.300. The van der Waals surface area contributed by atoms with E-state index in [2.05, 4.69) is 5.32 Å². The van der Waals surface area contributed by atoms with Crippen LogP contribution in [0.3, 0.4) is 0 Å². The molecule has 0 aliphatic heterocycles. The summed E-state index contributed by atoms with van der Waals surface area (Å²) in [6, 6.07) is 12.3. The highest BCUT2D eigenvalue weighted by molar-refractivity contribution is 8.00. The van der Waals surface area contributed by atoms with E-state index in [1.54, 1.807) is 36.4 Å². The van der Waals surface area contributed by atoms with Gasteiger partial charge >= 0.3 is 0 Å². The Kier molecular flexibility index (Phi) is 6.63. The number of ether oxygens (including phenoxy) is 1. The van der Waals surface area contributed by atoms with Gasteiger partial charge in [0, 0.05) is 10.6 Å². The number of amides is 2. The summed E-state index contributed by atoms with van der Waals surface area (Å²) in [6.07, 6.45) is 4.69. The van der Waals surface area contributed by atoms with Gasteiger partial charge in [0.1, 0.15) is 5.75 Å². The molecule has 2 amide bonds. The van der Waals surface area contributed by atoms with Crippen LogP contribution in [-0.2, 0) is 4.79 Å². The summed E-state index contributed by atoms with van der Waals surface area (Å²) in [4.78, 5) is 24.3. The molecule has 0 saturated heterocycles. The molecule has 0 heterocycles.